The van der Waals surface area contributed by atoms with Crippen molar-refractivity contribution in [2.75, 3.05) is 19.6 Å². The summed E-state index contributed by atoms with van der Waals surface area (Å²) in [5.74, 6) is -1.37. The summed E-state index contributed by atoms with van der Waals surface area (Å²) in [5.41, 5.74) is 1.93. The maximum atomic E-state index is 13.1. The van der Waals surface area contributed by atoms with E-state index in [2.05, 4.69) is 0 Å². The van der Waals surface area contributed by atoms with Crippen LogP contribution in [0, 0.1) is 0 Å². The first-order chi connectivity index (χ1) is 13.1. The second kappa shape index (κ2) is 8.49. The zero-order chi connectivity index (χ0) is 19.2. The van der Waals surface area contributed by atoms with Crippen molar-refractivity contribution in [2.45, 2.75) is 20.0 Å². The van der Waals surface area contributed by atoms with Crippen LogP contribution in [0.2, 0.25) is 0 Å². The van der Waals surface area contributed by atoms with Crippen molar-refractivity contribution in [2.24, 2.45) is 0 Å². The fraction of sp³-hybridized carbons (Fsp3) is 0.286. The molecule has 1 aliphatic heterocycles. The van der Waals surface area contributed by atoms with Gasteiger partial charge in [0.2, 0.25) is 0 Å². The molecule has 0 aromatic heterocycles. The maximum absolute atomic E-state index is 13.1. The molecule has 0 radical (unpaired) electrons. The molecule has 0 N–H and O–H groups in total. The van der Waals surface area contributed by atoms with Crippen LogP contribution in [0.4, 0.5) is 4.79 Å². The Morgan fingerprint density at radius 2 is 1.37 bits per heavy atom. The third kappa shape index (κ3) is 4.34. The first-order valence-electron chi connectivity index (χ1n) is 9.07. The van der Waals surface area contributed by atoms with Gasteiger partial charge in [-0.3, -0.25) is 14.5 Å². The van der Waals surface area contributed by atoms with Crippen LogP contribution in [-0.4, -0.2) is 52.2 Å². The number of amides is 4. The maximum Gasteiger partial charge on any atom is 0.327 e. The molecule has 0 bridgehead atoms. The summed E-state index contributed by atoms with van der Waals surface area (Å²) in [6.07, 6.45) is 0. The summed E-state index contributed by atoms with van der Waals surface area (Å²) in [7, 11) is 0. The van der Waals surface area contributed by atoms with Gasteiger partial charge in [0.1, 0.15) is 0 Å². The normalized spacial score (nSPS) is 14.4. The van der Waals surface area contributed by atoms with Gasteiger partial charge < -0.3 is 9.80 Å². The molecule has 0 atom stereocenters. The van der Waals surface area contributed by atoms with E-state index in [1.807, 2.05) is 67.6 Å². The van der Waals surface area contributed by atoms with E-state index in [4.69, 9.17) is 0 Å². The van der Waals surface area contributed by atoms with Crippen LogP contribution in [-0.2, 0) is 22.7 Å². The predicted octanol–water partition coefficient (Wildman–Crippen LogP) is 2.50. The SMILES string of the molecule is CCN1CCN(C(=O)N(Cc2ccccc2)Cc2ccccc2)C(=O)C1=O. The molecular formula is C21H23N3O3. The molecule has 0 unspecified atom stereocenters. The van der Waals surface area contributed by atoms with E-state index >= 15 is 0 Å². The topological polar surface area (TPSA) is 60.9 Å². The molecule has 140 valence electrons. The van der Waals surface area contributed by atoms with Gasteiger partial charge in [0.05, 0.1) is 0 Å². The Balaban J connectivity index is 1.82. The van der Waals surface area contributed by atoms with E-state index in [9.17, 15) is 14.4 Å². The number of hydrogen-bond donors (Lipinski definition) is 0. The van der Waals surface area contributed by atoms with Crippen LogP contribution in [0.5, 0.6) is 0 Å². The fourth-order valence-electron chi connectivity index (χ4n) is 3.13. The molecule has 4 amide bonds. The highest BCUT2D eigenvalue weighted by Crippen LogP contribution is 2.15. The van der Waals surface area contributed by atoms with Crippen LogP contribution in [0.25, 0.3) is 0 Å². The first kappa shape index (κ1) is 18.6. The van der Waals surface area contributed by atoms with Crippen molar-refractivity contribution in [3.05, 3.63) is 71.8 Å². The minimum absolute atomic E-state index is 0.220. The highest BCUT2D eigenvalue weighted by molar-refractivity contribution is 6.38. The highest BCUT2D eigenvalue weighted by Gasteiger charge is 2.37. The van der Waals surface area contributed by atoms with Gasteiger partial charge in [0.15, 0.2) is 0 Å². The number of carbonyl (C=O) groups excluding carboxylic acids is 3. The van der Waals surface area contributed by atoms with E-state index in [1.165, 1.54) is 4.90 Å². The van der Waals surface area contributed by atoms with E-state index in [0.29, 0.717) is 26.2 Å². The Bertz CT molecular complexity index is 766. The third-order valence-electron chi connectivity index (χ3n) is 4.62. The van der Waals surface area contributed by atoms with Crippen LogP contribution in [0.15, 0.2) is 60.7 Å². The first-order valence-corrected chi connectivity index (χ1v) is 9.07. The molecule has 6 heteroatoms. The molecule has 6 nitrogen and oxygen atoms in total. The molecule has 1 heterocycles. The molecule has 1 fully saturated rings. The summed E-state index contributed by atoms with van der Waals surface area (Å²) < 4.78 is 0. The number of carbonyl (C=O) groups is 3. The van der Waals surface area contributed by atoms with Gasteiger partial charge in [0, 0.05) is 32.7 Å². The van der Waals surface area contributed by atoms with Gasteiger partial charge in [-0.2, -0.15) is 0 Å². The number of imide groups is 1. The quantitative estimate of drug-likeness (QED) is 0.765. The van der Waals surface area contributed by atoms with Gasteiger partial charge in [-0.15, -0.1) is 0 Å². The van der Waals surface area contributed by atoms with E-state index in [-0.39, 0.29) is 6.54 Å². The van der Waals surface area contributed by atoms with Crippen molar-refractivity contribution >= 4 is 17.8 Å². The average Bonchev–Trinajstić information content (AvgIpc) is 2.70. The minimum Gasteiger partial charge on any atom is -0.333 e. The smallest absolute Gasteiger partial charge is 0.327 e. The third-order valence-corrected chi connectivity index (χ3v) is 4.62. The lowest BCUT2D eigenvalue weighted by atomic mass is 10.1. The highest BCUT2D eigenvalue weighted by atomic mass is 16.2. The van der Waals surface area contributed by atoms with Crippen molar-refractivity contribution in [3.8, 4) is 0 Å². The number of nitrogens with zero attached hydrogens (tertiary/aromatic N) is 3. The lowest BCUT2D eigenvalue weighted by Gasteiger charge is -2.35. The Morgan fingerprint density at radius 1 is 0.852 bits per heavy atom. The lowest BCUT2D eigenvalue weighted by Crippen LogP contribution is -2.58. The van der Waals surface area contributed by atoms with Gasteiger partial charge in [-0.1, -0.05) is 60.7 Å². The molecule has 1 aliphatic rings. The van der Waals surface area contributed by atoms with Gasteiger partial charge in [-0.05, 0) is 18.1 Å². The molecular weight excluding hydrogens is 342 g/mol. The minimum atomic E-state index is -0.751. The number of likely N-dealkylation sites (N-methyl/N-ethyl adjacent to an activating group) is 1. The molecule has 2 aromatic rings. The summed E-state index contributed by atoms with van der Waals surface area (Å²) in [6.45, 7) is 3.60. The molecule has 2 aromatic carbocycles. The van der Waals surface area contributed by atoms with Crippen molar-refractivity contribution in [3.63, 3.8) is 0 Å². The van der Waals surface area contributed by atoms with E-state index in [0.717, 1.165) is 16.0 Å². The summed E-state index contributed by atoms with van der Waals surface area (Å²) in [4.78, 5) is 41.9. The van der Waals surface area contributed by atoms with Crippen molar-refractivity contribution in [1.29, 1.82) is 0 Å². The lowest BCUT2D eigenvalue weighted by molar-refractivity contribution is -0.153. The predicted molar refractivity (Wildman–Crippen MR) is 101 cm³/mol. The molecule has 3 rings (SSSR count). The molecule has 0 saturated carbocycles. The zero-order valence-electron chi connectivity index (χ0n) is 15.4. The summed E-state index contributed by atoms with van der Waals surface area (Å²) in [5, 5.41) is 0. The Hall–Kier alpha value is -3.15. The Morgan fingerprint density at radius 3 is 1.85 bits per heavy atom. The standard InChI is InChI=1S/C21H23N3O3/c1-2-22-13-14-24(20(26)19(22)25)21(27)23(15-17-9-5-3-6-10-17)16-18-11-7-4-8-12-18/h3-12H,2,13-16H2,1H3. The van der Waals surface area contributed by atoms with E-state index < -0.39 is 17.8 Å². The van der Waals surface area contributed by atoms with Crippen LogP contribution in [0.1, 0.15) is 18.1 Å². The van der Waals surface area contributed by atoms with Crippen molar-refractivity contribution < 1.29 is 14.4 Å². The molecule has 27 heavy (non-hydrogen) atoms. The molecule has 0 spiro atoms. The second-order valence-corrected chi connectivity index (χ2v) is 6.45. The van der Waals surface area contributed by atoms with E-state index in [1.54, 1.807) is 4.90 Å². The average molecular weight is 365 g/mol. The number of rotatable bonds is 5. The van der Waals surface area contributed by atoms with Crippen LogP contribution < -0.4 is 0 Å². The monoisotopic (exact) mass is 365 g/mol. The second-order valence-electron chi connectivity index (χ2n) is 6.45. The summed E-state index contributed by atoms with van der Waals surface area (Å²) >= 11 is 0. The summed E-state index contributed by atoms with van der Waals surface area (Å²) in [6, 6.07) is 18.8. The number of hydrogen-bond acceptors (Lipinski definition) is 3. The fourth-order valence-corrected chi connectivity index (χ4v) is 3.13. The van der Waals surface area contributed by atoms with Crippen LogP contribution in [0.3, 0.4) is 0 Å². The number of urea groups is 1. The Labute approximate surface area is 159 Å². The number of piperazine rings is 1. The number of benzene rings is 2. The van der Waals surface area contributed by atoms with Gasteiger partial charge >= 0.3 is 17.8 Å². The largest absolute Gasteiger partial charge is 0.333 e. The zero-order valence-corrected chi connectivity index (χ0v) is 15.4. The van der Waals surface area contributed by atoms with Crippen LogP contribution >= 0.6 is 0 Å². The molecule has 1 saturated heterocycles. The van der Waals surface area contributed by atoms with Gasteiger partial charge in [-0.25, -0.2) is 4.79 Å². The van der Waals surface area contributed by atoms with Crippen molar-refractivity contribution in [1.82, 2.24) is 14.7 Å². The Kier molecular flexibility index (Phi) is 5.86. The molecule has 0 aliphatic carbocycles. The van der Waals surface area contributed by atoms with Gasteiger partial charge in [0.25, 0.3) is 0 Å².